The molecule has 7 aromatic rings. The molecule has 168 valence electrons. The van der Waals surface area contributed by atoms with Crippen molar-refractivity contribution in [2.24, 2.45) is 0 Å². The van der Waals surface area contributed by atoms with Crippen molar-refractivity contribution < 1.29 is 0 Å². The lowest BCUT2D eigenvalue weighted by atomic mass is 10.0. The number of nitrogens with zero attached hydrogens (tertiary/aromatic N) is 4. The zero-order chi connectivity index (χ0) is 23.6. The number of imidazole rings is 1. The normalized spacial score (nSPS) is 12.4. The summed E-state index contributed by atoms with van der Waals surface area (Å²) in [5.74, 6) is 0.954. The van der Waals surface area contributed by atoms with Gasteiger partial charge in [0.1, 0.15) is 5.82 Å². The summed E-state index contributed by atoms with van der Waals surface area (Å²) in [4.78, 5) is 12.3. The molecule has 0 amide bonds. The maximum atomic E-state index is 5.12. The number of fused-ring (bicyclic) bond motifs is 5. The first-order chi connectivity index (χ1) is 17.9. The van der Waals surface area contributed by atoms with Gasteiger partial charge in [0.2, 0.25) is 0 Å². The van der Waals surface area contributed by atoms with Crippen molar-refractivity contribution in [3.63, 3.8) is 0 Å². The van der Waals surface area contributed by atoms with Crippen molar-refractivity contribution in [1.82, 2.24) is 14.5 Å². The molecule has 0 radical (unpaired) electrons. The molecule has 0 N–H and O–H groups in total. The molecule has 0 saturated heterocycles. The smallest absolute Gasteiger partial charge is 0.145 e. The minimum Gasteiger partial charge on any atom is -0.305 e. The van der Waals surface area contributed by atoms with Crippen molar-refractivity contribution >= 4 is 49.8 Å². The number of hydrogen-bond acceptors (Lipinski definition) is 3. The number of hydrogen-bond donors (Lipinski definition) is 0. The van der Waals surface area contributed by atoms with Crippen LogP contribution in [0.1, 0.15) is 0 Å². The molecule has 0 saturated carbocycles. The summed E-state index contributed by atoms with van der Waals surface area (Å²) in [6, 6.07) is 40.4. The second kappa shape index (κ2) is 7.27. The summed E-state index contributed by atoms with van der Waals surface area (Å²) in [6.45, 7) is 0. The van der Waals surface area contributed by atoms with Crippen molar-refractivity contribution in [1.29, 1.82) is 0 Å². The first-order valence-electron chi connectivity index (χ1n) is 12.1. The van der Waals surface area contributed by atoms with Gasteiger partial charge in [0.15, 0.2) is 0 Å². The van der Waals surface area contributed by atoms with E-state index in [0.29, 0.717) is 0 Å². The Morgan fingerprint density at radius 3 is 2.22 bits per heavy atom. The van der Waals surface area contributed by atoms with Gasteiger partial charge in [0.25, 0.3) is 0 Å². The number of aromatic nitrogens is 3. The first kappa shape index (κ1) is 19.4. The van der Waals surface area contributed by atoms with Crippen molar-refractivity contribution in [2.45, 2.75) is 0 Å². The molecule has 8 rings (SSSR count). The van der Waals surface area contributed by atoms with E-state index in [1.165, 1.54) is 5.39 Å². The number of pyridine rings is 1. The lowest BCUT2D eigenvalue weighted by Gasteiger charge is -2.33. The van der Waals surface area contributed by atoms with Crippen LogP contribution < -0.4 is 4.90 Å². The Kier molecular flexibility index (Phi) is 3.91. The highest BCUT2D eigenvalue weighted by molar-refractivity contribution is 6.15. The Morgan fingerprint density at radius 2 is 1.31 bits per heavy atom. The van der Waals surface area contributed by atoms with Crippen LogP contribution in [-0.4, -0.2) is 14.5 Å². The highest BCUT2D eigenvalue weighted by Crippen LogP contribution is 2.50. The molecular weight excluding hydrogens is 440 g/mol. The van der Waals surface area contributed by atoms with Crippen molar-refractivity contribution in [3.05, 3.63) is 121 Å². The Labute approximate surface area is 207 Å². The Bertz CT molecular complexity index is 1950. The molecule has 0 atom stereocenters. The predicted octanol–water partition coefficient (Wildman–Crippen LogP) is 8.18. The highest BCUT2D eigenvalue weighted by atomic mass is 15.2. The molecule has 4 heteroatoms. The van der Waals surface area contributed by atoms with Crippen LogP contribution >= 0.6 is 0 Å². The summed E-state index contributed by atoms with van der Waals surface area (Å²) in [6.07, 6.45) is 1.88. The van der Waals surface area contributed by atoms with Gasteiger partial charge in [-0.2, -0.15) is 0 Å². The predicted molar refractivity (Wildman–Crippen MR) is 148 cm³/mol. The number of anilines is 3. The van der Waals surface area contributed by atoms with E-state index in [9.17, 15) is 0 Å². The van der Waals surface area contributed by atoms with Crippen LogP contribution in [0, 0.1) is 0 Å². The second-order valence-electron chi connectivity index (χ2n) is 9.12. The van der Waals surface area contributed by atoms with Gasteiger partial charge in [-0.05, 0) is 47.9 Å². The van der Waals surface area contributed by atoms with E-state index in [4.69, 9.17) is 9.97 Å². The monoisotopic (exact) mass is 460 g/mol. The van der Waals surface area contributed by atoms with E-state index in [2.05, 4.69) is 113 Å². The Balaban J connectivity index is 1.52. The fraction of sp³-hybridized carbons (Fsp3) is 0. The lowest BCUT2D eigenvalue weighted by molar-refractivity contribution is 1.07. The molecule has 0 bridgehead atoms. The molecule has 36 heavy (non-hydrogen) atoms. The minimum atomic E-state index is 0.954. The average molecular weight is 461 g/mol. The van der Waals surface area contributed by atoms with Crippen LogP contribution in [0.3, 0.4) is 0 Å². The summed E-state index contributed by atoms with van der Waals surface area (Å²) in [5.41, 5.74) is 8.67. The van der Waals surface area contributed by atoms with E-state index in [1.54, 1.807) is 0 Å². The summed E-state index contributed by atoms with van der Waals surface area (Å²) in [7, 11) is 0. The molecule has 1 aliphatic heterocycles. The van der Waals surface area contributed by atoms with Crippen molar-refractivity contribution in [3.8, 4) is 17.1 Å². The van der Waals surface area contributed by atoms with Crippen LogP contribution in [0.4, 0.5) is 17.1 Å². The lowest BCUT2D eigenvalue weighted by Crippen LogP contribution is -2.18. The molecule has 0 aliphatic carbocycles. The third kappa shape index (κ3) is 2.58. The maximum absolute atomic E-state index is 5.12. The van der Waals surface area contributed by atoms with Crippen LogP contribution in [-0.2, 0) is 0 Å². The molecular formula is C32H20N4. The first-order valence-corrected chi connectivity index (χ1v) is 12.1. The zero-order valence-corrected chi connectivity index (χ0v) is 19.3. The molecule has 0 fully saturated rings. The van der Waals surface area contributed by atoms with Gasteiger partial charge in [-0.15, -0.1) is 0 Å². The fourth-order valence-electron chi connectivity index (χ4n) is 5.61. The molecule has 1 aliphatic rings. The van der Waals surface area contributed by atoms with E-state index < -0.39 is 0 Å². The van der Waals surface area contributed by atoms with Gasteiger partial charge in [-0.25, -0.2) is 4.98 Å². The summed E-state index contributed by atoms with van der Waals surface area (Å²) < 4.78 is 2.31. The van der Waals surface area contributed by atoms with Crippen molar-refractivity contribution in [2.75, 3.05) is 4.90 Å². The molecule has 4 nitrogen and oxygen atoms in total. The Hall–Kier alpha value is -4.96. The third-order valence-corrected chi connectivity index (χ3v) is 7.12. The van der Waals surface area contributed by atoms with E-state index >= 15 is 0 Å². The SMILES string of the molecule is c1ccc(-c2nc3cccc4c3n2-c2ccccc2N4c2cc3ccccc3c3ncccc23)cc1. The molecule has 3 heterocycles. The van der Waals surface area contributed by atoms with Gasteiger partial charge in [0.05, 0.1) is 39.3 Å². The molecule has 0 spiro atoms. The van der Waals surface area contributed by atoms with Gasteiger partial charge in [-0.3, -0.25) is 9.55 Å². The topological polar surface area (TPSA) is 34.0 Å². The highest BCUT2D eigenvalue weighted by Gasteiger charge is 2.30. The van der Waals surface area contributed by atoms with E-state index in [0.717, 1.165) is 61.5 Å². The largest absolute Gasteiger partial charge is 0.305 e. The third-order valence-electron chi connectivity index (χ3n) is 7.12. The summed E-state index contributed by atoms with van der Waals surface area (Å²) in [5, 5.41) is 3.46. The van der Waals surface area contributed by atoms with Crippen LogP contribution in [0.5, 0.6) is 0 Å². The number of rotatable bonds is 2. The van der Waals surface area contributed by atoms with Gasteiger partial charge >= 0.3 is 0 Å². The van der Waals surface area contributed by atoms with Crippen LogP contribution in [0.15, 0.2) is 121 Å². The van der Waals surface area contributed by atoms with Crippen LogP contribution in [0.25, 0.3) is 49.8 Å². The quantitative estimate of drug-likeness (QED) is 0.244. The standard InChI is InChI=1S/C32H20N4/c1-2-10-21(11-3-1)32-34-25-15-8-18-28-31(25)36(32)27-17-7-6-16-26(27)35(28)29-20-22-12-4-5-13-23(22)30-24(29)14-9-19-33-30/h1-20H. The van der Waals surface area contributed by atoms with Gasteiger partial charge in [0, 0.05) is 22.5 Å². The summed E-state index contributed by atoms with van der Waals surface area (Å²) >= 11 is 0. The zero-order valence-electron chi connectivity index (χ0n) is 19.3. The van der Waals surface area contributed by atoms with E-state index in [1.807, 2.05) is 18.3 Å². The molecule has 0 unspecified atom stereocenters. The average Bonchev–Trinajstić information content (AvgIpc) is 3.35. The van der Waals surface area contributed by atoms with E-state index in [-0.39, 0.29) is 0 Å². The second-order valence-corrected chi connectivity index (χ2v) is 9.12. The van der Waals surface area contributed by atoms with Gasteiger partial charge < -0.3 is 4.90 Å². The Morgan fingerprint density at radius 1 is 0.556 bits per heavy atom. The minimum absolute atomic E-state index is 0.954. The van der Waals surface area contributed by atoms with Crippen LogP contribution in [0.2, 0.25) is 0 Å². The molecule has 5 aromatic carbocycles. The maximum Gasteiger partial charge on any atom is 0.145 e. The number of para-hydroxylation sites is 3. The molecule has 2 aromatic heterocycles. The fourth-order valence-corrected chi connectivity index (χ4v) is 5.61. The number of benzene rings is 5. The van der Waals surface area contributed by atoms with Gasteiger partial charge in [-0.1, -0.05) is 72.8 Å².